The molecule has 3 heterocycles. The molecule has 0 spiro atoms. The van der Waals surface area contributed by atoms with Crippen LogP contribution in [-0.2, 0) is 11.2 Å². The number of hydrogen-bond acceptors (Lipinski definition) is 6. The third kappa shape index (κ3) is 5.22. The summed E-state index contributed by atoms with van der Waals surface area (Å²) < 4.78 is 0. The van der Waals surface area contributed by atoms with E-state index in [9.17, 15) is 9.59 Å². The summed E-state index contributed by atoms with van der Waals surface area (Å²) in [5, 5.41) is 3.29. The number of fused-ring (bicyclic) bond motifs is 2. The predicted octanol–water partition coefficient (Wildman–Crippen LogP) is 1.22. The van der Waals surface area contributed by atoms with E-state index in [1.165, 1.54) is 17.3 Å². The normalized spacial score (nSPS) is 16.4. The molecule has 0 atom stereocenters. The molecule has 0 unspecified atom stereocenters. The Morgan fingerprint density at radius 3 is 2.74 bits per heavy atom. The fraction of sp³-hybridized carbons (Fsp3) is 0.421. The average molecular weight is 368 g/mol. The van der Waals surface area contributed by atoms with Crippen molar-refractivity contribution in [3.8, 4) is 0 Å². The van der Waals surface area contributed by atoms with Crippen molar-refractivity contribution in [2.24, 2.45) is 0 Å². The Morgan fingerprint density at radius 2 is 1.93 bits per heavy atom. The first-order chi connectivity index (χ1) is 13.1. The zero-order valence-electron chi connectivity index (χ0n) is 15.5. The van der Waals surface area contributed by atoms with Crippen molar-refractivity contribution in [3.05, 3.63) is 48.2 Å². The lowest BCUT2D eigenvalue weighted by atomic mass is 10.2. The molecule has 8 nitrogen and oxygen atoms in total. The molecule has 0 saturated carbocycles. The van der Waals surface area contributed by atoms with Gasteiger partial charge in [0.2, 0.25) is 11.7 Å². The summed E-state index contributed by atoms with van der Waals surface area (Å²) in [6.45, 7) is 1.80. The van der Waals surface area contributed by atoms with E-state index < -0.39 is 0 Å². The van der Waals surface area contributed by atoms with Crippen molar-refractivity contribution in [2.45, 2.75) is 19.3 Å². The highest BCUT2D eigenvalue weighted by molar-refractivity contribution is 5.93. The molecule has 3 rings (SSSR count). The second-order valence-corrected chi connectivity index (χ2v) is 6.51. The maximum atomic E-state index is 12.8. The molecule has 2 bridgehead atoms. The van der Waals surface area contributed by atoms with Crippen LogP contribution in [0.3, 0.4) is 0 Å². The Kier molecular flexibility index (Phi) is 6.30. The van der Waals surface area contributed by atoms with Gasteiger partial charge in [0.1, 0.15) is 12.4 Å². The molecule has 0 radical (unpaired) electrons. The predicted molar refractivity (Wildman–Crippen MR) is 101 cm³/mol. The molecule has 1 aliphatic heterocycles. The SMILES string of the molecule is CN1CCCNc2cccc(n2)CCCN(C(=O)c2ncccn2)CC1=O. The van der Waals surface area contributed by atoms with Gasteiger partial charge in [0.15, 0.2) is 0 Å². The molecule has 0 saturated heterocycles. The lowest BCUT2D eigenvalue weighted by Crippen LogP contribution is -2.43. The van der Waals surface area contributed by atoms with Gasteiger partial charge in [0, 0.05) is 44.8 Å². The van der Waals surface area contributed by atoms with Crippen LogP contribution in [0.5, 0.6) is 0 Å². The number of aryl methyl sites for hydroxylation is 1. The van der Waals surface area contributed by atoms with Crippen LogP contribution in [0.15, 0.2) is 36.7 Å². The topological polar surface area (TPSA) is 91.3 Å². The first-order valence-electron chi connectivity index (χ1n) is 9.13. The van der Waals surface area contributed by atoms with E-state index in [2.05, 4.69) is 20.3 Å². The summed E-state index contributed by atoms with van der Waals surface area (Å²) in [5.74, 6) is 0.531. The standard InChI is InChI=1S/C19H24N6O2/c1-24-12-5-11-20-16-8-2-6-15(23-16)7-3-13-25(14-17(24)26)19(27)18-21-9-4-10-22-18/h2,4,6,8-10H,3,5,7,11-14H2,1H3,(H,20,23). The highest BCUT2D eigenvalue weighted by atomic mass is 16.2. The van der Waals surface area contributed by atoms with Gasteiger partial charge in [-0.15, -0.1) is 0 Å². The number of nitrogens with zero attached hydrogens (tertiary/aromatic N) is 5. The summed E-state index contributed by atoms with van der Waals surface area (Å²) in [4.78, 5) is 41.2. The molecule has 8 heteroatoms. The van der Waals surface area contributed by atoms with Crippen molar-refractivity contribution >= 4 is 17.6 Å². The van der Waals surface area contributed by atoms with Gasteiger partial charge in [-0.1, -0.05) is 6.07 Å². The molecular formula is C19H24N6O2. The van der Waals surface area contributed by atoms with Gasteiger partial charge in [0.25, 0.3) is 5.91 Å². The van der Waals surface area contributed by atoms with E-state index in [4.69, 9.17) is 0 Å². The van der Waals surface area contributed by atoms with E-state index >= 15 is 0 Å². The number of hydrogen-bond donors (Lipinski definition) is 1. The third-order valence-corrected chi connectivity index (χ3v) is 4.44. The molecule has 0 fully saturated rings. The summed E-state index contributed by atoms with van der Waals surface area (Å²) in [5.41, 5.74) is 0.962. The number of aromatic nitrogens is 3. The van der Waals surface area contributed by atoms with Gasteiger partial charge in [-0.2, -0.15) is 0 Å². The number of likely N-dealkylation sites (N-methyl/N-ethyl adjacent to an activating group) is 1. The van der Waals surface area contributed by atoms with Gasteiger partial charge < -0.3 is 15.1 Å². The average Bonchev–Trinajstić information content (AvgIpc) is 2.70. The maximum absolute atomic E-state index is 12.8. The van der Waals surface area contributed by atoms with Crippen molar-refractivity contribution in [1.82, 2.24) is 24.8 Å². The number of anilines is 1. The van der Waals surface area contributed by atoms with Crippen LogP contribution in [0.25, 0.3) is 0 Å². The second kappa shape index (κ2) is 9.07. The minimum atomic E-state index is -0.326. The Balaban J connectivity index is 1.78. The van der Waals surface area contributed by atoms with Crippen LogP contribution < -0.4 is 5.32 Å². The van der Waals surface area contributed by atoms with Gasteiger partial charge in [-0.05, 0) is 37.5 Å². The van der Waals surface area contributed by atoms with Crippen LogP contribution in [0.2, 0.25) is 0 Å². The number of nitrogens with one attached hydrogen (secondary N) is 1. The van der Waals surface area contributed by atoms with Crippen LogP contribution in [-0.4, -0.2) is 69.8 Å². The molecule has 2 aromatic heterocycles. The van der Waals surface area contributed by atoms with Gasteiger partial charge in [-0.3, -0.25) is 9.59 Å². The summed E-state index contributed by atoms with van der Waals surface area (Å²) in [6, 6.07) is 7.55. The Bertz CT molecular complexity index is 783. The number of rotatable bonds is 1. The summed E-state index contributed by atoms with van der Waals surface area (Å²) in [7, 11) is 1.76. The van der Waals surface area contributed by atoms with E-state index in [0.29, 0.717) is 19.5 Å². The van der Waals surface area contributed by atoms with Crippen molar-refractivity contribution in [2.75, 3.05) is 38.5 Å². The van der Waals surface area contributed by atoms with Crippen molar-refractivity contribution in [3.63, 3.8) is 0 Å². The molecule has 1 aliphatic rings. The van der Waals surface area contributed by atoms with Crippen molar-refractivity contribution < 1.29 is 9.59 Å². The number of carbonyl (C=O) groups is 2. The smallest absolute Gasteiger partial charge is 0.292 e. The third-order valence-electron chi connectivity index (χ3n) is 4.44. The second-order valence-electron chi connectivity index (χ2n) is 6.51. The van der Waals surface area contributed by atoms with Crippen LogP contribution >= 0.6 is 0 Å². The van der Waals surface area contributed by atoms with Gasteiger partial charge >= 0.3 is 0 Å². The monoisotopic (exact) mass is 368 g/mol. The Hall–Kier alpha value is -3.03. The Labute approximate surface area is 158 Å². The number of amides is 2. The van der Waals surface area contributed by atoms with E-state index in [1.54, 1.807) is 18.0 Å². The quantitative estimate of drug-likeness (QED) is 0.814. The maximum Gasteiger partial charge on any atom is 0.292 e. The lowest BCUT2D eigenvalue weighted by molar-refractivity contribution is -0.130. The van der Waals surface area contributed by atoms with Crippen LogP contribution in [0.1, 0.15) is 29.2 Å². The fourth-order valence-corrected chi connectivity index (χ4v) is 2.91. The molecular weight excluding hydrogens is 344 g/mol. The number of pyridine rings is 1. The zero-order chi connectivity index (χ0) is 19.1. The largest absolute Gasteiger partial charge is 0.370 e. The van der Waals surface area contributed by atoms with Crippen molar-refractivity contribution in [1.29, 1.82) is 0 Å². The fourth-order valence-electron chi connectivity index (χ4n) is 2.91. The molecule has 27 heavy (non-hydrogen) atoms. The van der Waals surface area contributed by atoms with E-state index in [1.807, 2.05) is 18.2 Å². The number of carbonyl (C=O) groups excluding carboxylic acids is 2. The molecule has 2 aromatic rings. The lowest BCUT2D eigenvalue weighted by Gasteiger charge is -2.25. The minimum absolute atomic E-state index is 0.0223. The van der Waals surface area contributed by atoms with Gasteiger partial charge in [0.05, 0.1) is 0 Å². The molecule has 142 valence electrons. The summed E-state index contributed by atoms with van der Waals surface area (Å²) in [6.07, 6.45) is 5.27. The van der Waals surface area contributed by atoms with E-state index in [0.717, 1.165) is 30.9 Å². The molecule has 0 aromatic carbocycles. The molecule has 0 aliphatic carbocycles. The first-order valence-corrected chi connectivity index (χ1v) is 9.13. The molecule has 2 amide bonds. The Morgan fingerprint density at radius 1 is 1.11 bits per heavy atom. The zero-order valence-corrected chi connectivity index (χ0v) is 15.5. The molecule has 1 N–H and O–H groups in total. The van der Waals surface area contributed by atoms with Crippen LogP contribution in [0.4, 0.5) is 5.82 Å². The highest BCUT2D eigenvalue weighted by Gasteiger charge is 2.22. The highest BCUT2D eigenvalue weighted by Crippen LogP contribution is 2.10. The first kappa shape index (κ1) is 18.8. The summed E-state index contributed by atoms with van der Waals surface area (Å²) >= 11 is 0. The minimum Gasteiger partial charge on any atom is -0.370 e. The van der Waals surface area contributed by atoms with Gasteiger partial charge in [-0.25, -0.2) is 15.0 Å². The van der Waals surface area contributed by atoms with Crippen LogP contribution in [0, 0.1) is 0 Å². The van der Waals surface area contributed by atoms with E-state index in [-0.39, 0.29) is 24.2 Å².